The minimum absolute atomic E-state index is 0.143. The summed E-state index contributed by atoms with van der Waals surface area (Å²) < 4.78 is 17.0. The van der Waals surface area contributed by atoms with Gasteiger partial charge in [0.15, 0.2) is 0 Å². The van der Waals surface area contributed by atoms with E-state index in [9.17, 15) is 61.0 Å². The first-order valence-corrected chi connectivity index (χ1v) is 12.9. The second-order valence-electron chi connectivity index (χ2n) is 10.3. The van der Waals surface area contributed by atoms with E-state index in [0.29, 0.717) is 0 Å². The summed E-state index contributed by atoms with van der Waals surface area (Å²) in [5.74, 6) is -2.16. The van der Waals surface area contributed by atoms with Gasteiger partial charge in [0.1, 0.15) is 95.0 Å². The summed E-state index contributed by atoms with van der Waals surface area (Å²) in [6.45, 7) is -1.62. The number of fused-ring (bicyclic) bond motifs is 1. The Hall–Kier alpha value is -3.35. The average Bonchev–Trinajstić information content (AvgIpc) is 2.96. The van der Waals surface area contributed by atoms with E-state index in [4.69, 9.17) is 13.9 Å². The fourth-order valence-electron chi connectivity index (χ4n) is 5.40. The Kier molecular flexibility index (Phi) is 8.16. The molecule has 11 N–H and O–H groups in total. The number of phenolic OH excluding ortho intramolecular Hbond substituents is 3. The minimum Gasteiger partial charge on any atom is -0.508 e. The molecule has 0 radical (unpaired) electrons. The number of hydrogen-bond acceptors (Lipinski definition) is 15. The average molecular weight is 595 g/mol. The van der Waals surface area contributed by atoms with Crippen LogP contribution in [0.15, 0.2) is 39.5 Å². The van der Waals surface area contributed by atoms with Gasteiger partial charge in [0, 0.05) is 11.6 Å². The quantitative estimate of drug-likeness (QED) is 0.147. The van der Waals surface area contributed by atoms with Crippen LogP contribution in [0.1, 0.15) is 23.3 Å². The summed E-state index contributed by atoms with van der Waals surface area (Å²) in [6.07, 6.45) is -17.5. The van der Waals surface area contributed by atoms with Crippen LogP contribution in [0.5, 0.6) is 17.2 Å². The SMILES string of the molecule is O=c1c([C@H]2O[C@H](CO)[C@H](O)[C@@H](O)[C@@H]2O)c(-c2ccc(O)cc2)oc2cc(O)c([C@@H]3O[C@H](CO)[C@@H](O)[C@@H](O)[C@@H]3O)c(O)c12. The van der Waals surface area contributed by atoms with Gasteiger partial charge >= 0.3 is 0 Å². The lowest BCUT2D eigenvalue weighted by Crippen LogP contribution is -2.56. The highest BCUT2D eigenvalue weighted by Crippen LogP contribution is 2.46. The van der Waals surface area contributed by atoms with Crippen molar-refractivity contribution in [2.75, 3.05) is 13.2 Å². The number of ether oxygens (including phenoxy) is 2. The largest absolute Gasteiger partial charge is 0.508 e. The second-order valence-corrected chi connectivity index (χ2v) is 10.3. The normalized spacial score (nSPS) is 33.6. The van der Waals surface area contributed by atoms with E-state index in [0.717, 1.165) is 6.07 Å². The van der Waals surface area contributed by atoms with Gasteiger partial charge in [0.2, 0.25) is 5.43 Å². The molecule has 3 heterocycles. The molecule has 3 aromatic rings. The predicted octanol–water partition coefficient (Wildman–Crippen LogP) is -2.39. The van der Waals surface area contributed by atoms with E-state index < -0.39 is 113 Å². The molecule has 2 fully saturated rings. The summed E-state index contributed by atoms with van der Waals surface area (Å²) >= 11 is 0. The summed E-state index contributed by atoms with van der Waals surface area (Å²) in [5, 5.41) is 113. The van der Waals surface area contributed by atoms with Crippen molar-refractivity contribution < 1.29 is 70.1 Å². The van der Waals surface area contributed by atoms with Crippen LogP contribution < -0.4 is 5.43 Å². The molecule has 2 aliphatic heterocycles. The summed E-state index contributed by atoms with van der Waals surface area (Å²) in [6, 6.07) is 6.11. The van der Waals surface area contributed by atoms with Gasteiger partial charge in [0.25, 0.3) is 0 Å². The first-order chi connectivity index (χ1) is 19.9. The highest BCUT2D eigenvalue weighted by atomic mass is 16.6. The Labute approximate surface area is 235 Å². The van der Waals surface area contributed by atoms with Crippen LogP contribution in [0.2, 0.25) is 0 Å². The Bertz CT molecular complexity index is 1500. The van der Waals surface area contributed by atoms with Crippen LogP contribution in [0.4, 0.5) is 0 Å². The van der Waals surface area contributed by atoms with Gasteiger partial charge in [-0.05, 0) is 24.3 Å². The molecule has 2 saturated heterocycles. The van der Waals surface area contributed by atoms with E-state index in [1.54, 1.807) is 0 Å². The third kappa shape index (κ3) is 4.79. The number of phenols is 3. The second kappa shape index (κ2) is 11.4. The lowest BCUT2D eigenvalue weighted by Gasteiger charge is -2.40. The number of benzene rings is 2. The van der Waals surface area contributed by atoms with Gasteiger partial charge < -0.3 is 70.1 Å². The maximum atomic E-state index is 14.1. The molecular weight excluding hydrogens is 564 g/mol. The molecule has 42 heavy (non-hydrogen) atoms. The molecule has 2 aromatic carbocycles. The van der Waals surface area contributed by atoms with Crippen LogP contribution in [0.25, 0.3) is 22.3 Å². The van der Waals surface area contributed by atoms with E-state index >= 15 is 0 Å². The van der Waals surface area contributed by atoms with Gasteiger partial charge in [-0.25, -0.2) is 0 Å². The molecule has 0 saturated carbocycles. The van der Waals surface area contributed by atoms with Crippen molar-refractivity contribution in [3.63, 3.8) is 0 Å². The highest BCUT2D eigenvalue weighted by Gasteiger charge is 2.48. The Morgan fingerprint density at radius 2 is 1.17 bits per heavy atom. The van der Waals surface area contributed by atoms with Gasteiger partial charge in [-0.1, -0.05) is 0 Å². The van der Waals surface area contributed by atoms with E-state index in [1.165, 1.54) is 24.3 Å². The van der Waals surface area contributed by atoms with E-state index in [-0.39, 0.29) is 17.1 Å². The van der Waals surface area contributed by atoms with E-state index in [1.807, 2.05) is 0 Å². The van der Waals surface area contributed by atoms with Crippen molar-refractivity contribution in [2.24, 2.45) is 0 Å². The molecule has 228 valence electrons. The Morgan fingerprint density at radius 1 is 0.667 bits per heavy atom. The first-order valence-electron chi connectivity index (χ1n) is 12.9. The molecule has 0 amide bonds. The number of aliphatic hydroxyl groups excluding tert-OH is 8. The van der Waals surface area contributed by atoms with Crippen molar-refractivity contribution in [2.45, 2.75) is 61.0 Å². The number of aliphatic hydroxyl groups is 8. The zero-order valence-electron chi connectivity index (χ0n) is 21.6. The highest BCUT2D eigenvalue weighted by molar-refractivity contribution is 5.89. The van der Waals surface area contributed by atoms with Crippen LogP contribution in [0, 0.1) is 0 Å². The topological polar surface area (TPSA) is 271 Å². The maximum Gasteiger partial charge on any atom is 0.203 e. The smallest absolute Gasteiger partial charge is 0.203 e. The number of hydrogen-bond donors (Lipinski definition) is 11. The van der Waals surface area contributed by atoms with Crippen LogP contribution in [0.3, 0.4) is 0 Å². The molecule has 5 rings (SSSR count). The summed E-state index contributed by atoms with van der Waals surface area (Å²) in [5.41, 5.74) is -2.39. The summed E-state index contributed by atoms with van der Waals surface area (Å²) in [4.78, 5) is 14.1. The maximum absolute atomic E-state index is 14.1. The van der Waals surface area contributed by atoms with Gasteiger partial charge in [0.05, 0.1) is 24.3 Å². The molecule has 15 nitrogen and oxygen atoms in total. The predicted molar refractivity (Wildman–Crippen MR) is 138 cm³/mol. The minimum atomic E-state index is -1.94. The van der Waals surface area contributed by atoms with Crippen molar-refractivity contribution in [3.05, 3.63) is 51.7 Å². The van der Waals surface area contributed by atoms with Crippen molar-refractivity contribution in [1.29, 1.82) is 0 Å². The number of rotatable bonds is 5. The van der Waals surface area contributed by atoms with Crippen molar-refractivity contribution in [1.82, 2.24) is 0 Å². The lowest BCUT2D eigenvalue weighted by atomic mass is 9.87. The molecule has 15 heteroatoms. The van der Waals surface area contributed by atoms with Gasteiger partial charge in [-0.2, -0.15) is 0 Å². The molecule has 0 unspecified atom stereocenters. The van der Waals surface area contributed by atoms with Gasteiger partial charge in [-0.15, -0.1) is 0 Å². The lowest BCUT2D eigenvalue weighted by molar-refractivity contribution is -0.232. The zero-order chi connectivity index (χ0) is 30.6. The van der Waals surface area contributed by atoms with Gasteiger partial charge in [-0.3, -0.25) is 4.79 Å². The van der Waals surface area contributed by atoms with Crippen molar-refractivity contribution in [3.8, 4) is 28.6 Å². The summed E-state index contributed by atoms with van der Waals surface area (Å²) in [7, 11) is 0. The molecule has 10 atom stereocenters. The van der Waals surface area contributed by atoms with Crippen LogP contribution in [-0.4, -0.2) is 118 Å². The molecular formula is C27H30O15. The van der Waals surface area contributed by atoms with Crippen molar-refractivity contribution >= 4 is 11.0 Å². The molecule has 0 bridgehead atoms. The van der Waals surface area contributed by atoms with Crippen LogP contribution in [-0.2, 0) is 9.47 Å². The van der Waals surface area contributed by atoms with E-state index in [2.05, 4.69) is 0 Å². The first kappa shape index (κ1) is 30.1. The monoisotopic (exact) mass is 594 g/mol. The standard InChI is InChI=1S/C27H30O15/c28-6-12-17(32)21(36)23(38)26(41-12)14-10(31)5-11-15(19(14)34)20(35)16(25(40-11)8-1-3-9(30)4-2-8)27-24(39)22(37)18(33)13(7-29)42-27/h1-5,12-13,17-18,21-24,26-34,36-39H,6-7H2/t12-,13-,17-,18+,21-,22-,23+,24+,26+,27-/m1/s1. The zero-order valence-corrected chi connectivity index (χ0v) is 21.6. The Balaban J connectivity index is 1.77. The molecule has 1 aromatic heterocycles. The third-order valence-electron chi connectivity index (χ3n) is 7.69. The fraction of sp³-hybridized carbons (Fsp3) is 0.444. The Morgan fingerprint density at radius 3 is 1.67 bits per heavy atom. The molecule has 2 aliphatic rings. The number of aromatic hydroxyl groups is 3. The molecule has 0 aliphatic carbocycles. The molecule has 0 spiro atoms. The third-order valence-corrected chi connectivity index (χ3v) is 7.69. The van der Waals surface area contributed by atoms with Crippen LogP contribution >= 0.6 is 0 Å². The fourth-order valence-corrected chi connectivity index (χ4v) is 5.40.